The van der Waals surface area contributed by atoms with E-state index in [1.165, 1.54) is 11.6 Å². The van der Waals surface area contributed by atoms with Gasteiger partial charge in [0.15, 0.2) is 5.69 Å². The van der Waals surface area contributed by atoms with Crippen molar-refractivity contribution in [3.63, 3.8) is 0 Å². The van der Waals surface area contributed by atoms with Crippen LogP contribution in [0.5, 0.6) is 0 Å². The average molecular weight is 936 g/mol. The Hall–Kier alpha value is -6.23. The zero-order valence-corrected chi connectivity index (χ0v) is 33.1. The van der Waals surface area contributed by atoms with E-state index >= 15 is 0 Å². The molecule has 0 spiro atoms. The van der Waals surface area contributed by atoms with Gasteiger partial charge in [-0.2, -0.15) is 13.2 Å². The molecule has 0 bridgehead atoms. The number of benzene rings is 1. The van der Waals surface area contributed by atoms with E-state index in [1.807, 2.05) is 109 Å². The van der Waals surface area contributed by atoms with Gasteiger partial charge in [-0.25, -0.2) is 9.97 Å². The van der Waals surface area contributed by atoms with Crippen molar-refractivity contribution < 1.29 is 52.1 Å². The van der Waals surface area contributed by atoms with Gasteiger partial charge in [0, 0.05) is 63.6 Å². The second-order valence-corrected chi connectivity index (χ2v) is 10.9. The summed E-state index contributed by atoms with van der Waals surface area (Å²) in [5.74, 6) is 3.92. The predicted molar refractivity (Wildman–Crippen MR) is 205 cm³/mol. The molecule has 1 radical (unpaired) electrons. The van der Waals surface area contributed by atoms with E-state index in [0.29, 0.717) is 28.5 Å². The van der Waals surface area contributed by atoms with Crippen LogP contribution in [0.3, 0.4) is 0 Å². The van der Waals surface area contributed by atoms with Crippen molar-refractivity contribution in [3.05, 3.63) is 199 Å². The SMILES string of the molecule is Cn1cc(C(F)(F)F)nc1-c1[c-]cccc1.[Ir].[Li+].c1ccc(N=c2cccc[n-]2)nc1.c1ccc(Nc2ccccn2)nc1.c1ccc([N-]c2ccccn2)nc1. The van der Waals surface area contributed by atoms with Crippen LogP contribution in [0.1, 0.15) is 5.69 Å². The summed E-state index contributed by atoms with van der Waals surface area (Å²) in [5.41, 5.74) is 0.337. The topological polar surface area (TPSA) is 135 Å². The molecule has 7 heterocycles. The number of alkyl halides is 3. The van der Waals surface area contributed by atoms with Crippen molar-refractivity contribution in [1.29, 1.82) is 0 Å². The summed E-state index contributed by atoms with van der Waals surface area (Å²) in [5, 5.41) is 7.30. The second kappa shape index (κ2) is 24.3. The van der Waals surface area contributed by atoms with Gasteiger partial charge in [0.25, 0.3) is 0 Å². The van der Waals surface area contributed by atoms with E-state index in [4.69, 9.17) is 0 Å². The monoisotopic (exact) mass is 936 g/mol. The van der Waals surface area contributed by atoms with Gasteiger partial charge in [-0.05, 0) is 60.9 Å². The molecule has 8 aromatic rings. The van der Waals surface area contributed by atoms with Crippen molar-refractivity contribution in [2.45, 2.75) is 6.18 Å². The minimum atomic E-state index is -4.41. The number of nitrogens with zero attached hydrogens (tertiary/aromatic N) is 10. The molecule has 285 valence electrons. The standard InChI is InChI=1S/C11H8F3N2.C10H9N3.2C10H8N3.Ir.Li/c1-16-7-9(11(12,13)14)15-10(16)8-5-3-2-4-6-8;3*1-3-7-11-9(5-1)13-10-6-2-4-8-12-10;;/h2-5,7H,1H3;1-8H,(H,11,12,13);2*1-8H;;/q-1;;2*-1;;+1. The van der Waals surface area contributed by atoms with Crippen molar-refractivity contribution in [1.82, 2.24) is 39.5 Å². The first-order valence-electron chi connectivity index (χ1n) is 16.6. The molecular formula is C41H33F3IrLiN11-2. The van der Waals surface area contributed by atoms with Crippen LogP contribution in [0.4, 0.5) is 42.3 Å². The summed E-state index contributed by atoms with van der Waals surface area (Å²) < 4.78 is 38.6. The Kier molecular flexibility index (Phi) is 19.3. The summed E-state index contributed by atoms with van der Waals surface area (Å²) >= 11 is 0. The number of rotatable bonds is 6. The molecular weight excluding hydrogens is 903 g/mol. The van der Waals surface area contributed by atoms with Crippen LogP contribution >= 0.6 is 0 Å². The zero-order valence-electron chi connectivity index (χ0n) is 30.7. The van der Waals surface area contributed by atoms with Gasteiger partial charge >= 0.3 is 25.0 Å². The van der Waals surface area contributed by atoms with Gasteiger partial charge in [0.2, 0.25) is 0 Å². The fraction of sp³-hybridized carbons (Fsp3) is 0.0488. The molecule has 0 saturated carbocycles. The number of nitrogens with one attached hydrogen (secondary N) is 1. The minimum Gasteiger partial charge on any atom is -0.443 e. The Morgan fingerprint density at radius 2 is 1.21 bits per heavy atom. The Morgan fingerprint density at radius 1 is 0.667 bits per heavy atom. The molecule has 16 heteroatoms. The molecule has 0 unspecified atom stereocenters. The fourth-order valence-electron chi connectivity index (χ4n) is 4.30. The van der Waals surface area contributed by atoms with Crippen molar-refractivity contribution in [2.75, 3.05) is 5.32 Å². The predicted octanol–water partition coefficient (Wildman–Crippen LogP) is 6.21. The van der Waals surface area contributed by atoms with Gasteiger partial charge in [0.1, 0.15) is 11.6 Å². The average Bonchev–Trinajstić information content (AvgIpc) is 3.64. The van der Waals surface area contributed by atoms with Gasteiger partial charge in [-0.3, -0.25) is 9.97 Å². The first-order valence-corrected chi connectivity index (χ1v) is 16.6. The maximum Gasteiger partial charge on any atom is 1.00 e. The number of aromatic nitrogens is 8. The maximum absolute atomic E-state index is 12.4. The number of hydrogen-bond donors (Lipinski definition) is 1. The summed E-state index contributed by atoms with van der Waals surface area (Å²) in [6.45, 7) is 0. The molecule has 11 nitrogen and oxygen atoms in total. The number of imidazole rings is 1. The maximum atomic E-state index is 12.4. The van der Waals surface area contributed by atoms with Crippen LogP contribution < -0.4 is 34.6 Å². The second-order valence-electron chi connectivity index (χ2n) is 10.9. The summed E-state index contributed by atoms with van der Waals surface area (Å²) in [7, 11) is 1.53. The third-order valence-corrected chi connectivity index (χ3v) is 6.76. The van der Waals surface area contributed by atoms with Crippen molar-refractivity contribution in [3.8, 4) is 11.4 Å². The van der Waals surface area contributed by atoms with Gasteiger partial charge < -0.3 is 35.1 Å². The van der Waals surface area contributed by atoms with Gasteiger partial charge in [-0.1, -0.05) is 72.3 Å². The van der Waals surface area contributed by atoms with Crippen LogP contribution in [-0.2, 0) is 33.3 Å². The number of halogens is 3. The molecule has 0 aliphatic rings. The minimum absolute atomic E-state index is 0. The largest absolute Gasteiger partial charge is 1.00 e. The van der Waals surface area contributed by atoms with Crippen molar-refractivity contribution >= 4 is 29.1 Å². The Bertz CT molecular complexity index is 2150. The van der Waals surface area contributed by atoms with E-state index in [2.05, 4.69) is 56.6 Å². The smallest absolute Gasteiger partial charge is 0.443 e. The summed E-state index contributed by atoms with van der Waals surface area (Å²) in [6, 6.07) is 43.4. The third kappa shape index (κ3) is 16.2. The fourth-order valence-corrected chi connectivity index (χ4v) is 4.30. The Morgan fingerprint density at radius 3 is 1.65 bits per heavy atom. The molecule has 0 aliphatic carbocycles. The Balaban J connectivity index is 0.000000202. The number of hydrogen-bond acceptors (Lipinski definition) is 8. The van der Waals surface area contributed by atoms with Crippen LogP contribution in [-0.4, -0.2) is 34.5 Å². The number of anilines is 2. The third-order valence-electron chi connectivity index (χ3n) is 6.76. The van der Waals surface area contributed by atoms with E-state index < -0.39 is 11.9 Å². The van der Waals surface area contributed by atoms with Gasteiger partial charge in [0.05, 0.1) is 11.6 Å². The molecule has 57 heavy (non-hydrogen) atoms. The van der Waals surface area contributed by atoms with Crippen molar-refractivity contribution in [2.24, 2.45) is 12.0 Å². The van der Waals surface area contributed by atoms with Crippen LogP contribution in [0.2, 0.25) is 0 Å². The molecule has 0 fully saturated rings. The quantitative estimate of drug-likeness (QED) is 0.154. The first-order chi connectivity index (χ1) is 26.8. The molecule has 1 N–H and O–H groups in total. The van der Waals surface area contributed by atoms with E-state index in [1.54, 1.807) is 61.4 Å². The molecule has 0 saturated heterocycles. The first kappa shape index (κ1) is 45.2. The van der Waals surface area contributed by atoms with E-state index in [-0.39, 0.29) is 44.8 Å². The van der Waals surface area contributed by atoms with Crippen LogP contribution in [0.15, 0.2) is 182 Å². The zero-order chi connectivity index (χ0) is 38.6. The molecule has 1 aromatic carbocycles. The normalized spacial score (nSPS) is 10.3. The molecule has 7 aromatic heterocycles. The van der Waals surface area contributed by atoms with E-state index in [9.17, 15) is 13.2 Å². The summed E-state index contributed by atoms with van der Waals surface area (Å²) in [4.78, 5) is 32.3. The summed E-state index contributed by atoms with van der Waals surface area (Å²) in [6.07, 6.45) is 6.88. The number of pyridine rings is 6. The van der Waals surface area contributed by atoms with E-state index in [0.717, 1.165) is 17.8 Å². The molecule has 0 atom stereocenters. The van der Waals surface area contributed by atoms with Gasteiger partial charge in [-0.15, -0.1) is 35.9 Å². The Labute approximate surface area is 353 Å². The van der Waals surface area contributed by atoms with Crippen LogP contribution in [0.25, 0.3) is 16.7 Å². The number of aryl methyl sites for hydroxylation is 1. The van der Waals surface area contributed by atoms with Crippen LogP contribution in [0, 0.1) is 6.07 Å². The molecule has 0 amide bonds. The molecule has 0 aliphatic heterocycles. The molecule has 8 rings (SSSR count).